The van der Waals surface area contributed by atoms with E-state index in [1.807, 2.05) is 0 Å². The molecule has 0 amide bonds. The van der Waals surface area contributed by atoms with Gasteiger partial charge in [-0.25, -0.2) is 4.98 Å². The van der Waals surface area contributed by atoms with Gasteiger partial charge in [0.05, 0.1) is 12.3 Å². The Hall–Kier alpha value is -1.58. The molecule has 0 aliphatic rings. The van der Waals surface area contributed by atoms with E-state index in [4.69, 9.17) is 0 Å². The van der Waals surface area contributed by atoms with Crippen molar-refractivity contribution < 1.29 is 35.8 Å². The van der Waals surface area contributed by atoms with Crippen LogP contribution >= 0.6 is 0 Å². The molecule has 0 saturated heterocycles. The lowest BCUT2D eigenvalue weighted by atomic mass is 10.4. The molecule has 1 aromatic heterocycles. The third-order valence-corrected chi connectivity index (χ3v) is 1.77. The first-order valence-electron chi connectivity index (χ1n) is 5.24. The highest BCUT2D eigenvalue weighted by atomic mass is 19.4. The fraction of sp³-hybridized carbons (Fsp3) is 0.600. The van der Waals surface area contributed by atoms with Gasteiger partial charge in [0.15, 0.2) is 6.61 Å². The Balaban J connectivity index is 2.62. The van der Waals surface area contributed by atoms with Crippen LogP contribution in [0.15, 0.2) is 6.07 Å². The Labute approximate surface area is 109 Å². The van der Waals surface area contributed by atoms with E-state index in [2.05, 4.69) is 19.4 Å². The Morgan fingerprint density at radius 3 is 2.15 bits per heavy atom. The van der Waals surface area contributed by atoms with E-state index in [1.165, 1.54) is 6.92 Å². The van der Waals surface area contributed by atoms with Crippen molar-refractivity contribution >= 4 is 0 Å². The Morgan fingerprint density at radius 1 is 1.00 bits per heavy atom. The van der Waals surface area contributed by atoms with Crippen LogP contribution in [0.5, 0.6) is 5.88 Å². The van der Waals surface area contributed by atoms with Crippen LogP contribution in [0.4, 0.5) is 26.3 Å². The van der Waals surface area contributed by atoms with Gasteiger partial charge >= 0.3 is 12.4 Å². The van der Waals surface area contributed by atoms with Crippen LogP contribution in [0.3, 0.4) is 0 Å². The lowest BCUT2D eigenvalue weighted by molar-refractivity contribution is -0.176. The highest BCUT2D eigenvalue weighted by Crippen LogP contribution is 2.19. The van der Waals surface area contributed by atoms with Gasteiger partial charge in [-0.15, -0.1) is 0 Å². The molecule has 0 fully saturated rings. The second-order valence-electron chi connectivity index (χ2n) is 3.76. The molecule has 0 N–H and O–H groups in total. The maximum absolute atomic E-state index is 12.0. The Kier molecular flexibility index (Phi) is 5.15. The van der Waals surface area contributed by atoms with Crippen molar-refractivity contribution in [2.75, 3.05) is 13.2 Å². The van der Waals surface area contributed by atoms with Gasteiger partial charge in [0.1, 0.15) is 12.4 Å². The summed E-state index contributed by atoms with van der Waals surface area (Å²) in [5, 5.41) is 0. The summed E-state index contributed by atoms with van der Waals surface area (Å²) in [4.78, 5) is 7.32. The normalized spacial score (nSPS) is 12.6. The molecule has 1 rings (SSSR count). The molecule has 10 heteroatoms. The van der Waals surface area contributed by atoms with Crippen molar-refractivity contribution in [3.8, 4) is 5.88 Å². The van der Waals surface area contributed by atoms with Crippen LogP contribution in [0, 0.1) is 6.92 Å². The van der Waals surface area contributed by atoms with E-state index in [0.717, 1.165) is 6.07 Å². The number of nitrogens with zero attached hydrogens (tertiary/aromatic N) is 2. The summed E-state index contributed by atoms with van der Waals surface area (Å²) in [6.07, 6.45) is -9.02. The predicted octanol–water partition coefficient (Wildman–Crippen LogP) is 2.81. The second-order valence-corrected chi connectivity index (χ2v) is 3.76. The fourth-order valence-corrected chi connectivity index (χ4v) is 1.17. The van der Waals surface area contributed by atoms with Crippen LogP contribution in [-0.4, -0.2) is 35.5 Å². The zero-order valence-electron chi connectivity index (χ0n) is 10.2. The largest absolute Gasteiger partial charge is 0.468 e. The summed E-state index contributed by atoms with van der Waals surface area (Å²) in [5.74, 6) is -0.310. The summed E-state index contributed by atoms with van der Waals surface area (Å²) in [6.45, 7) is -2.17. The Morgan fingerprint density at radius 2 is 1.60 bits per heavy atom. The predicted molar refractivity (Wildman–Crippen MR) is 54.0 cm³/mol. The number of halogens is 6. The third kappa shape index (κ3) is 7.12. The van der Waals surface area contributed by atoms with Crippen molar-refractivity contribution in [2.45, 2.75) is 25.9 Å². The maximum atomic E-state index is 12.0. The number of aryl methyl sites for hydroxylation is 1. The smallest absolute Gasteiger partial charge is 0.422 e. The van der Waals surface area contributed by atoms with Crippen molar-refractivity contribution in [3.05, 3.63) is 17.6 Å². The molecule has 0 spiro atoms. The monoisotopic (exact) mass is 304 g/mol. The number of ether oxygens (including phenoxy) is 2. The van der Waals surface area contributed by atoms with Gasteiger partial charge in [-0.3, -0.25) is 0 Å². The number of hydrogen-bond acceptors (Lipinski definition) is 4. The van der Waals surface area contributed by atoms with Crippen LogP contribution < -0.4 is 4.74 Å². The fourth-order valence-electron chi connectivity index (χ4n) is 1.17. The minimum absolute atomic E-state index is 0.000996. The number of hydrogen-bond donors (Lipinski definition) is 0. The van der Waals surface area contributed by atoms with E-state index in [0.29, 0.717) is 0 Å². The number of aromatic nitrogens is 2. The van der Waals surface area contributed by atoms with Gasteiger partial charge < -0.3 is 9.47 Å². The number of rotatable bonds is 5. The highest BCUT2D eigenvalue weighted by molar-refractivity contribution is 5.15. The van der Waals surface area contributed by atoms with E-state index in [9.17, 15) is 26.3 Å². The molecular weight excluding hydrogens is 294 g/mol. The van der Waals surface area contributed by atoms with E-state index in [1.54, 1.807) is 0 Å². The van der Waals surface area contributed by atoms with Gasteiger partial charge in [0.25, 0.3) is 0 Å². The summed E-state index contributed by atoms with van der Waals surface area (Å²) >= 11 is 0. The van der Waals surface area contributed by atoms with Crippen molar-refractivity contribution in [1.29, 1.82) is 0 Å². The first kappa shape index (κ1) is 16.5. The zero-order chi connectivity index (χ0) is 15.4. The van der Waals surface area contributed by atoms with Gasteiger partial charge in [-0.1, -0.05) is 0 Å². The quantitative estimate of drug-likeness (QED) is 0.785. The molecule has 0 unspecified atom stereocenters. The van der Waals surface area contributed by atoms with E-state index < -0.39 is 32.2 Å². The molecule has 0 aromatic carbocycles. The van der Waals surface area contributed by atoms with Crippen molar-refractivity contribution in [1.82, 2.24) is 9.97 Å². The van der Waals surface area contributed by atoms with Crippen LogP contribution in [0.2, 0.25) is 0 Å². The first-order chi connectivity index (χ1) is 9.05. The van der Waals surface area contributed by atoms with E-state index >= 15 is 0 Å². The summed E-state index contributed by atoms with van der Waals surface area (Å²) in [5.41, 5.74) is -0.000996. The minimum atomic E-state index is -4.54. The summed E-state index contributed by atoms with van der Waals surface area (Å²) in [6, 6.07) is 0.995. The average molecular weight is 304 g/mol. The molecule has 1 aromatic rings. The standard InChI is InChI=1S/C10H10F6N2O2/c1-6-17-7(3-19-4-9(11,12)13)2-8(18-6)20-5-10(14,15)16/h2H,3-5H2,1H3. The molecule has 1 heterocycles. The van der Waals surface area contributed by atoms with Gasteiger partial charge in [-0.05, 0) is 6.92 Å². The van der Waals surface area contributed by atoms with Gasteiger partial charge in [-0.2, -0.15) is 31.3 Å². The Bertz CT molecular complexity index is 446. The number of alkyl halides is 6. The second kappa shape index (κ2) is 6.25. The topological polar surface area (TPSA) is 44.2 Å². The molecule has 20 heavy (non-hydrogen) atoms. The van der Waals surface area contributed by atoms with E-state index in [-0.39, 0.29) is 17.4 Å². The summed E-state index contributed by atoms with van der Waals surface area (Å²) in [7, 11) is 0. The molecule has 0 saturated carbocycles. The summed E-state index contributed by atoms with van der Waals surface area (Å²) < 4.78 is 80.2. The zero-order valence-corrected chi connectivity index (χ0v) is 10.2. The molecule has 114 valence electrons. The van der Waals surface area contributed by atoms with Crippen LogP contribution in [0.25, 0.3) is 0 Å². The molecular formula is C10H10F6N2O2. The highest BCUT2D eigenvalue weighted by Gasteiger charge is 2.29. The molecule has 0 atom stereocenters. The van der Waals surface area contributed by atoms with Gasteiger partial charge in [0.2, 0.25) is 5.88 Å². The maximum Gasteiger partial charge on any atom is 0.422 e. The first-order valence-corrected chi connectivity index (χ1v) is 5.24. The lowest BCUT2D eigenvalue weighted by Gasteiger charge is -2.11. The van der Waals surface area contributed by atoms with Crippen LogP contribution in [0.1, 0.15) is 11.5 Å². The molecule has 0 aliphatic carbocycles. The van der Waals surface area contributed by atoms with Crippen molar-refractivity contribution in [3.63, 3.8) is 0 Å². The SMILES string of the molecule is Cc1nc(COCC(F)(F)F)cc(OCC(F)(F)F)n1. The third-order valence-electron chi connectivity index (χ3n) is 1.77. The van der Waals surface area contributed by atoms with Gasteiger partial charge in [0, 0.05) is 6.07 Å². The average Bonchev–Trinajstić information content (AvgIpc) is 2.23. The van der Waals surface area contributed by atoms with Crippen molar-refractivity contribution in [2.24, 2.45) is 0 Å². The minimum Gasteiger partial charge on any atom is -0.468 e. The van der Waals surface area contributed by atoms with Crippen LogP contribution in [-0.2, 0) is 11.3 Å². The molecule has 0 bridgehead atoms. The molecule has 4 nitrogen and oxygen atoms in total. The lowest BCUT2D eigenvalue weighted by Crippen LogP contribution is -2.20. The molecule has 0 aliphatic heterocycles. The molecule has 0 radical (unpaired) electrons.